The van der Waals surface area contributed by atoms with Crippen molar-refractivity contribution in [1.82, 2.24) is 5.32 Å². The second kappa shape index (κ2) is 7.35. The van der Waals surface area contributed by atoms with Crippen molar-refractivity contribution in [1.29, 1.82) is 0 Å². The van der Waals surface area contributed by atoms with E-state index in [9.17, 15) is 9.59 Å². The first-order chi connectivity index (χ1) is 10.2. The number of carbonyl (C=O) groups is 2. The number of nitrogens with one attached hydrogen (secondary N) is 2. The van der Waals surface area contributed by atoms with Crippen LogP contribution in [0.4, 0.5) is 5.69 Å². The molecule has 0 aliphatic carbocycles. The third kappa shape index (κ3) is 4.80. The van der Waals surface area contributed by atoms with Crippen LogP contribution in [0, 0.1) is 5.41 Å². The average Bonchev–Trinajstić information content (AvgIpc) is 2.44. The second-order valence-electron chi connectivity index (χ2n) is 5.67. The number of amides is 2. The Bertz CT molecular complexity index is 567. The molecule has 0 unspecified atom stereocenters. The van der Waals surface area contributed by atoms with Gasteiger partial charge in [-0.3, -0.25) is 9.59 Å². The summed E-state index contributed by atoms with van der Waals surface area (Å²) in [7, 11) is 2.96. The standard InChI is InChI=1S/C15H21ClN2O4/c1-15(2,3)14(20)17-8-13(19)18-10-6-9(16)11(21-4)7-12(10)22-5/h6-7H,8H2,1-5H3,(H,17,20)(H,18,19). The van der Waals surface area contributed by atoms with E-state index in [0.29, 0.717) is 22.2 Å². The molecular weight excluding hydrogens is 308 g/mol. The van der Waals surface area contributed by atoms with E-state index in [2.05, 4.69) is 10.6 Å². The van der Waals surface area contributed by atoms with Crippen molar-refractivity contribution in [2.75, 3.05) is 26.1 Å². The fourth-order valence-electron chi connectivity index (χ4n) is 1.58. The van der Waals surface area contributed by atoms with E-state index in [-0.39, 0.29) is 18.4 Å². The molecule has 0 spiro atoms. The fourth-order valence-corrected chi connectivity index (χ4v) is 1.82. The van der Waals surface area contributed by atoms with Gasteiger partial charge in [-0.25, -0.2) is 0 Å². The molecule has 0 atom stereocenters. The Kier molecular flexibility index (Phi) is 6.05. The summed E-state index contributed by atoms with van der Waals surface area (Å²) < 4.78 is 10.3. The number of hydrogen-bond donors (Lipinski definition) is 2. The number of rotatable bonds is 5. The molecule has 2 N–H and O–H groups in total. The maximum absolute atomic E-state index is 11.9. The molecule has 1 aromatic carbocycles. The lowest BCUT2D eigenvalue weighted by atomic mass is 9.96. The van der Waals surface area contributed by atoms with Gasteiger partial charge in [0.1, 0.15) is 11.5 Å². The normalized spacial score (nSPS) is 10.8. The van der Waals surface area contributed by atoms with E-state index in [0.717, 1.165) is 0 Å². The predicted octanol–water partition coefficient (Wildman–Crippen LogP) is 2.46. The lowest BCUT2D eigenvalue weighted by molar-refractivity contribution is -0.130. The van der Waals surface area contributed by atoms with Crippen LogP contribution in [-0.2, 0) is 9.59 Å². The summed E-state index contributed by atoms with van der Waals surface area (Å²) in [6.07, 6.45) is 0. The van der Waals surface area contributed by atoms with E-state index in [4.69, 9.17) is 21.1 Å². The van der Waals surface area contributed by atoms with Gasteiger partial charge in [-0.2, -0.15) is 0 Å². The third-order valence-corrected chi connectivity index (χ3v) is 3.13. The van der Waals surface area contributed by atoms with Crippen LogP contribution in [0.25, 0.3) is 0 Å². The first-order valence-corrected chi connectivity index (χ1v) is 7.06. The molecule has 7 heteroatoms. The summed E-state index contributed by atoms with van der Waals surface area (Å²) in [4.78, 5) is 23.7. The van der Waals surface area contributed by atoms with Crippen molar-refractivity contribution >= 4 is 29.1 Å². The minimum atomic E-state index is -0.554. The molecule has 6 nitrogen and oxygen atoms in total. The van der Waals surface area contributed by atoms with Gasteiger partial charge in [-0.1, -0.05) is 32.4 Å². The first-order valence-electron chi connectivity index (χ1n) is 6.68. The SMILES string of the molecule is COc1cc(OC)c(NC(=O)CNC(=O)C(C)(C)C)cc1Cl. The number of halogens is 1. The Hall–Kier alpha value is -1.95. The summed E-state index contributed by atoms with van der Waals surface area (Å²) in [5, 5.41) is 5.55. The highest BCUT2D eigenvalue weighted by atomic mass is 35.5. The van der Waals surface area contributed by atoms with E-state index in [1.165, 1.54) is 20.3 Å². The van der Waals surface area contributed by atoms with Crippen LogP contribution in [0.1, 0.15) is 20.8 Å². The van der Waals surface area contributed by atoms with Crippen molar-refractivity contribution in [2.45, 2.75) is 20.8 Å². The first kappa shape index (κ1) is 18.1. The summed E-state index contributed by atoms with van der Waals surface area (Å²) in [5.41, 5.74) is -0.148. The molecule has 0 radical (unpaired) electrons. The highest BCUT2D eigenvalue weighted by molar-refractivity contribution is 6.32. The van der Waals surface area contributed by atoms with Gasteiger partial charge in [-0.15, -0.1) is 0 Å². The predicted molar refractivity (Wildman–Crippen MR) is 85.7 cm³/mol. The van der Waals surface area contributed by atoms with Crippen molar-refractivity contribution in [3.63, 3.8) is 0 Å². The Balaban J connectivity index is 2.76. The van der Waals surface area contributed by atoms with Gasteiger partial charge >= 0.3 is 0 Å². The summed E-state index contributed by atoms with van der Waals surface area (Å²) in [6, 6.07) is 3.11. The Morgan fingerprint density at radius 1 is 1.14 bits per heavy atom. The molecular formula is C15H21ClN2O4. The summed E-state index contributed by atoms with van der Waals surface area (Å²) >= 11 is 6.03. The van der Waals surface area contributed by atoms with Crippen LogP contribution in [0.2, 0.25) is 5.02 Å². The second-order valence-corrected chi connectivity index (χ2v) is 6.08. The fraction of sp³-hybridized carbons (Fsp3) is 0.467. The Morgan fingerprint density at radius 2 is 1.73 bits per heavy atom. The lowest BCUT2D eigenvalue weighted by Crippen LogP contribution is -2.39. The van der Waals surface area contributed by atoms with Gasteiger partial charge in [0.2, 0.25) is 11.8 Å². The van der Waals surface area contributed by atoms with Gasteiger partial charge in [0.15, 0.2) is 0 Å². The number of hydrogen-bond acceptors (Lipinski definition) is 4. The Morgan fingerprint density at radius 3 is 2.23 bits per heavy atom. The van der Waals surface area contributed by atoms with Gasteiger partial charge in [0.25, 0.3) is 0 Å². The van der Waals surface area contributed by atoms with Crippen LogP contribution in [0.3, 0.4) is 0 Å². The molecule has 0 aliphatic rings. The average molecular weight is 329 g/mol. The molecule has 0 heterocycles. The van der Waals surface area contributed by atoms with E-state index < -0.39 is 5.41 Å². The van der Waals surface area contributed by atoms with Crippen LogP contribution in [0.5, 0.6) is 11.5 Å². The van der Waals surface area contributed by atoms with Gasteiger partial charge in [0, 0.05) is 11.5 Å². The van der Waals surface area contributed by atoms with Gasteiger partial charge < -0.3 is 20.1 Å². The number of carbonyl (C=O) groups excluding carboxylic acids is 2. The number of anilines is 1. The molecule has 0 aliphatic heterocycles. The maximum atomic E-state index is 11.9. The van der Waals surface area contributed by atoms with Crippen LogP contribution in [0.15, 0.2) is 12.1 Å². The smallest absolute Gasteiger partial charge is 0.243 e. The van der Waals surface area contributed by atoms with E-state index in [1.54, 1.807) is 26.8 Å². The lowest BCUT2D eigenvalue weighted by Gasteiger charge is -2.18. The Labute approximate surface area is 135 Å². The third-order valence-electron chi connectivity index (χ3n) is 2.84. The van der Waals surface area contributed by atoms with Crippen LogP contribution < -0.4 is 20.1 Å². The zero-order valence-electron chi connectivity index (χ0n) is 13.4. The molecule has 122 valence electrons. The van der Waals surface area contributed by atoms with E-state index >= 15 is 0 Å². The van der Waals surface area contributed by atoms with Crippen molar-refractivity contribution in [3.8, 4) is 11.5 Å². The van der Waals surface area contributed by atoms with Crippen molar-refractivity contribution in [3.05, 3.63) is 17.2 Å². The number of methoxy groups -OCH3 is 2. The number of ether oxygens (including phenoxy) is 2. The van der Waals surface area contributed by atoms with Crippen LogP contribution >= 0.6 is 11.6 Å². The largest absolute Gasteiger partial charge is 0.495 e. The quantitative estimate of drug-likeness (QED) is 0.870. The van der Waals surface area contributed by atoms with Gasteiger partial charge in [-0.05, 0) is 6.07 Å². The zero-order valence-corrected chi connectivity index (χ0v) is 14.1. The maximum Gasteiger partial charge on any atom is 0.243 e. The monoisotopic (exact) mass is 328 g/mol. The highest BCUT2D eigenvalue weighted by Gasteiger charge is 2.21. The zero-order chi connectivity index (χ0) is 16.9. The van der Waals surface area contributed by atoms with Gasteiger partial charge in [0.05, 0.1) is 31.5 Å². The van der Waals surface area contributed by atoms with Crippen LogP contribution in [-0.4, -0.2) is 32.6 Å². The molecule has 0 fully saturated rings. The highest BCUT2D eigenvalue weighted by Crippen LogP contribution is 2.35. The summed E-state index contributed by atoms with van der Waals surface area (Å²) in [5.74, 6) is 0.272. The molecule has 0 saturated carbocycles. The van der Waals surface area contributed by atoms with Crippen molar-refractivity contribution in [2.24, 2.45) is 5.41 Å². The number of benzene rings is 1. The topological polar surface area (TPSA) is 76.7 Å². The minimum Gasteiger partial charge on any atom is -0.495 e. The molecule has 1 aromatic rings. The molecule has 2 amide bonds. The van der Waals surface area contributed by atoms with Crippen molar-refractivity contribution < 1.29 is 19.1 Å². The minimum absolute atomic E-state index is 0.136. The molecule has 0 saturated heterocycles. The molecule has 22 heavy (non-hydrogen) atoms. The molecule has 1 rings (SSSR count). The summed E-state index contributed by atoms with van der Waals surface area (Å²) in [6.45, 7) is 5.18. The molecule has 0 bridgehead atoms. The van der Waals surface area contributed by atoms with E-state index in [1.807, 2.05) is 0 Å². The molecule has 0 aromatic heterocycles.